The summed E-state index contributed by atoms with van der Waals surface area (Å²) >= 11 is 6.68. The van der Waals surface area contributed by atoms with Crippen molar-refractivity contribution in [3.63, 3.8) is 0 Å². The molecule has 0 spiro atoms. The van der Waals surface area contributed by atoms with Crippen molar-refractivity contribution >= 4 is 31.9 Å². The number of unbranched alkanes of at least 4 members (excludes halogenated alkanes) is 1. The standard InChI is InChI=1S/C5H10Br2O/c6-5(7)3-1-2-4-8/h5,8H,1-4H2. The van der Waals surface area contributed by atoms with Crippen molar-refractivity contribution in [2.24, 2.45) is 0 Å². The van der Waals surface area contributed by atoms with Crippen LogP contribution in [0.3, 0.4) is 0 Å². The molecule has 0 aliphatic heterocycles. The van der Waals surface area contributed by atoms with E-state index in [1.54, 1.807) is 0 Å². The van der Waals surface area contributed by atoms with Gasteiger partial charge in [0, 0.05) is 6.61 Å². The van der Waals surface area contributed by atoms with Crippen molar-refractivity contribution in [3.8, 4) is 0 Å². The van der Waals surface area contributed by atoms with Crippen LogP contribution in [0.1, 0.15) is 19.3 Å². The first-order chi connectivity index (χ1) is 3.77. The van der Waals surface area contributed by atoms with Crippen LogP contribution in [0.4, 0.5) is 0 Å². The Kier molecular flexibility index (Phi) is 6.74. The fourth-order valence-corrected chi connectivity index (χ4v) is 1.06. The molecule has 3 heteroatoms. The van der Waals surface area contributed by atoms with Gasteiger partial charge in [-0.25, -0.2) is 0 Å². The summed E-state index contributed by atoms with van der Waals surface area (Å²) in [4.78, 5) is 0. The molecule has 0 rings (SSSR count). The van der Waals surface area contributed by atoms with E-state index in [2.05, 4.69) is 31.9 Å². The van der Waals surface area contributed by atoms with Crippen LogP contribution in [0.25, 0.3) is 0 Å². The van der Waals surface area contributed by atoms with Crippen molar-refractivity contribution in [1.82, 2.24) is 0 Å². The van der Waals surface area contributed by atoms with Crippen LogP contribution in [-0.2, 0) is 0 Å². The Morgan fingerprint density at radius 1 is 1.25 bits per heavy atom. The first-order valence-electron chi connectivity index (χ1n) is 2.66. The molecular formula is C5H10Br2O. The second-order valence-corrected chi connectivity index (χ2v) is 5.05. The van der Waals surface area contributed by atoms with Crippen molar-refractivity contribution < 1.29 is 5.11 Å². The molecule has 8 heavy (non-hydrogen) atoms. The molecule has 0 fully saturated rings. The number of hydrogen-bond donors (Lipinski definition) is 1. The van der Waals surface area contributed by atoms with Gasteiger partial charge in [-0.3, -0.25) is 0 Å². The van der Waals surface area contributed by atoms with Gasteiger partial charge in [-0.1, -0.05) is 31.9 Å². The first-order valence-corrected chi connectivity index (χ1v) is 4.49. The van der Waals surface area contributed by atoms with E-state index in [0.29, 0.717) is 10.3 Å². The number of halogens is 2. The lowest BCUT2D eigenvalue weighted by atomic mass is 10.3. The van der Waals surface area contributed by atoms with Crippen LogP contribution >= 0.6 is 31.9 Å². The molecule has 0 unspecified atom stereocenters. The van der Waals surface area contributed by atoms with E-state index in [4.69, 9.17) is 5.11 Å². The zero-order valence-corrected chi connectivity index (χ0v) is 7.78. The highest BCUT2D eigenvalue weighted by Crippen LogP contribution is 2.15. The average Bonchev–Trinajstić information content (AvgIpc) is 1.66. The van der Waals surface area contributed by atoms with E-state index in [0.717, 1.165) is 19.3 Å². The second-order valence-electron chi connectivity index (χ2n) is 1.61. The van der Waals surface area contributed by atoms with E-state index in [9.17, 15) is 0 Å². The lowest BCUT2D eigenvalue weighted by Gasteiger charge is -1.97. The molecule has 0 aromatic heterocycles. The summed E-state index contributed by atoms with van der Waals surface area (Å²) in [6, 6.07) is 0. The average molecular weight is 246 g/mol. The van der Waals surface area contributed by atoms with Crippen LogP contribution in [0.2, 0.25) is 0 Å². The molecule has 0 aliphatic carbocycles. The van der Waals surface area contributed by atoms with Crippen LogP contribution in [-0.4, -0.2) is 15.4 Å². The van der Waals surface area contributed by atoms with Gasteiger partial charge in [-0.15, -0.1) is 0 Å². The summed E-state index contributed by atoms with van der Waals surface area (Å²) in [5.41, 5.74) is 0. The zero-order valence-electron chi connectivity index (χ0n) is 4.61. The van der Waals surface area contributed by atoms with Gasteiger partial charge in [0.05, 0.1) is 3.74 Å². The molecule has 0 atom stereocenters. The molecular weight excluding hydrogens is 236 g/mol. The van der Waals surface area contributed by atoms with E-state index in [1.165, 1.54) is 0 Å². The normalized spacial score (nSPS) is 10.5. The van der Waals surface area contributed by atoms with Crippen molar-refractivity contribution in [1.29, 1.82) is 0 Å². The molecule has 1 nitrogen and oxygen atoms in total. The van der Waals surface area contributed by atoms with Crippen molar-refractivity contribution in [3.05, 3.63) is 0 Å². The number of aliphatic hydroxyl groups is 1. The molecule has 0 amide bonds. The van der Waals surface area contributed by atoms with Gasteiger partial charge in [0.1, 0.15) is 0 Å². The van der Waals surface area contributed by atoms with Gasteiger partial charge < -0.3 is 5.11 Å². The summed E-state index contributed by atoms with van der Waals surface area (Å²) in [7, 11) is 0. The minimum Gasteiger partial charge on any atom is -0.396 e. The summed E-state index contributed by atoms with van der Waals surface area (Å²) in [5.74, 6) is 0. The Morgan fingerprint density at radius 2 is 1.88 bits per heavy atom. The second kappa shape index (κ2) is 6.05. The fourth-order valence-electron chi connectivity index (χ4n) is 0.410. The smallest absolute Gasteiger partial charge is 0.0697 e. The van der Waals surface area contributed by atoms with Gasteiger partial charge in [0.25, 0.3) is 0 Å². The highest BCUT2D eigenvalue weighted by Gasteiger charge is 1.94. The molecule has 0 aliphatic rings. The van der Waals surface area contributed by atoms with Crippen LogP contribution < -0.4 is 0 Å². The Hall–Kier alpha value is 0.920. The largest absolute Gasteiger partial charge is 0.396 e. The Labute approximate surface area is 66.7 Å². The topological polar surface area (TPSA) is 20.2 Å². The molecule has 0 saturated carbocycles. The van der Waals surface area contributed by atoms with Crippen LogP contribution in [0.15, 0.2) is 0 Å². The van der Waals surface area contributed by atoms with Gasteiger partial charge in [0.2, 0.25) is 0 Å². The zero-order chi connectivity index (χ0) is 6.41. The third-order valence-corrected chi connectivity index (χ3v) is 1.75. The molecule has 0 saturated heterocycles. The maximum Gasteiger partial charge on any atom is 0.0697 e. The molecule has 0 heterocycles. The van der Waals surface area contributed by atoms with E-state index in [-0.39, 0.29) is 0 Å². The SMILES string of the molecule is OCCCCC(Br)Br. The van der Waals surface area contributed by atoms with Crippen LogP contribution in [0.5, 0.6) is 0 Å². The quantitative estimate of drug-likeness (QED) is 0.595. The predicted octanol–water partition coefficient (Wildman–Crippen LogP) is 2.26. The highest BCUT2D eigenvalue weighted by atomic mass is 79.9. The third kappa shape index (κ3) is 6.92. The number of alkyl halides is 2. The molecule has 50 valence electrons. The number of hydrogen-bond acceptors (Lipinski definition) is 1. The minimum atomic E-state index is 0.312. The molecule has 0 aromatic carbocycles. The maximum absolute atomic E-state index is 8.35. The molecule has 0 aromatic rings. The molecule has 0 bridgehead atoms. The summed E-state index contributed by atoms with van der Waals surface area (Å²) < 4.78 is 0.418. The Balaban J connectivity index is 2.72. The van der Waals surface area contributed by atoms with E-state index >= 15 is 0 Å². The monoisotopic (exact) mass is 244 g/mol. The van der Waals surface area contributed by atoms with Gasteiger partial charge in [-0.2, -0.15) is 0 Å². The molecule has 0 radical (unpaired) electrons. The summed E-state index contributed by atoms with van der Waals surface area (Å²) in [6.07, 6.45) is 3.08. The lowest BCUT2D eigenvalue weighted by Crippen LogP contribution is -1.87. The predicted molar refractivity (Wildman–Crippen MR) is 42.6 cm³/mol. The van der Waals surface area contributed by atoms with Gasteiger partial charge >= 0.3 is 0 Å². The number of rotatable bonds is 4. The summed E-state index contributed by atoms with van der Waals surface area (Å²) in [6.45, 7) is 0.312. The van der Waals surface area contributed by atoms with E-state index in [1.807, 2.05) is 0 Å². The van der Waals surface area contributed by atoms with E-state index < -0.39 is 0 Å². The fraction of sp³-hybridized carbons (Fsp3) is 1.00. The third-order valence-electron chi connectivity index (χ3n) is 0.830. The molecule has 1 N–H and O–H groups in total. The maximum atomic E-state index is 8.35. The Bertz CT molecular complexity index is 47.7. The van der Waals surface area contributed by atoms with Crippen molar-refractivity contribution in [2.75, 3.05) is 6.61 Å². The van der Waals surface area contributed by atoms with Crippen molar-refractivity contribution in [2.45, 2.75) is 23.0 Å². The van der Waals surface area contributed by atoms with Gasteiger partial charge in [0.15, 0.2) is 0 Å². The summed E-state index contributed by atoms with van der Waals surface area (Å²) in [5, 5.41) is 8.35. The Morgan fingerprint density at radius 3 is 2.25 bits per heavy atom. The van der Waals surface area contributed by atoms with Gasteiger partial charge in [-0.05, 0) is 19.3 Å². The lowest BCUT2D eigenvalue weighted by molar-refractivity contribution is 0.284. The first kappa shape index (κ1) is 8.92. The number of aliphatic hydroxyl groups excluding tert-OH is 1. The minimum absolute atomic E-state index is 0.312. The highest BCUT2D eigenvalue weighted by molar-refractivity contribution is 9.24. The van der Waals surface area contributed by atoms with Crippen LogP contribution in [0, 0.1) is 0 Å².